The van der Waals surface area contributed by atoms with Crippen molar-refractivity contribution in [1.82, 2.24) is 9.80 Å². The van der Waals surface area contributed by atoms with Gasteiger partial charge in [0.1, 0.15) is 0 Å². The second-order valence-electron chi connectivity index (χ2n) is 4.79. The van der Waals surface area contributed by atoms with Crippen LogP contribution in [0.4, 0.5) is 0 Å². The van der Waals surface area contributed by atoms with Crippen LogP contribution in [0, 0.1) is 5.92 Å². The molecule has 1 aliphatic heterocycles. The van der Waals surface area contributed by atoms with Gasteiger partial charge in [0.2, 0.25) is 5.91 Å². The summed E-state index contributed by atoms with van der Waals surface area (Å²) in [5.74, 6) is 0.692. The molecule has 0 radical (unpaired) electrons. The van der Waals surface area contributed by atoms with Crippen LogP contribution in [0.2, 0.25) is 0 Å². The van der Waals surface area contributed by atoms with E-state index in [-0.39, 0.29) is 6.04 Å². The smallest absolute Gasteiger partial charge is 0.240 e. The van der Waals surface area contributed by atoms with E-state index in [1.807, 2.05) is 11.9 Å². The topological polar surface area (TPSA) is 23.6 Å². The van der Waals surface area contributed by atoms with Gasteiger partial charge in [-0.2, -0.15) is 0 Å². The molecule has 1 aliphatic rings. The number of carbonyl (C=O) groups excluding carboxylic acids is 1. The molecule has 1 amide bonds. The maximum absolute atomic E-state index is 12.1. The molecule has 0 bridgehead atoms. The summed E-state index contributed by atoms with van der Waals surface area (Å²) < 4.78 is 0. The van der Waals surface area contributed by atoms with E-state index in [0.717, 1.165) is 13.1 Å². The molecule has 0 saturated carbocycles. The van der Waals surface area contributed by atoms with Crippen LogP contribution >= 0.6 is 0 Å². The third-order valence-corrected chi connectivity index (χ3v) is 2.96. The summed E-state index contributed by atoms with van der Waals surface area (Å²) >= 11 is 0. The summed E-state index contributed by atoms with van der Waals surface area (Å²) in [6.45, 7) is 10.3. The predicted octanol–water partition coefficient (Wildman–Crippen LogP) is 1.19. The van der Waals surface area contributed by atoms with E-state index in [1.54, 1.807) is 0 Å². The molecular formula is C11H22N2O. The van der Waals surface area contributed by atoms with Gasteiger partial charge in [0, 0.05) is 19.1 Å². The molecule has 1 heterocycles. The minimum atomic E-state index is 0.0751. The Hall–Kier alpha value is -0.570. The van der Waals surface area contributed by atoms with Crippen LogP contribution < -0.4 is 0 Å². The fourth-order valence-electron chi connectivity index (χ4n) is 2.18. The molecule has 1 fully saturated rings. The lowest BCUT2D eigenvalue weighted by molar-refractivity contribution is -0.144. The largest absolute Gasteiger partial charge is 0.338 e. The quantitative estimate of drug-likeness (QED) is 0.665. The van der Waals surface area contributed by atoms with Gasteiger partial charge in [-0.15, -0.1) is 0 Å². The van der Waals surface area contributed by atoms with Crippen LogP contribution in [0.3, 0.4) is 0 Å². The van der Waals surface area contributed by atoms with Crippen molar-refractivity contribution in [1.29, 1.82) is 0 Å². The fourth-order valence-corrected chi connectivity index (χ4v) is 2.18. The second-order valence-corrected chi connectivity index (χ2v) is 4.79. The zero-order valence-corrected chi connectivity index (χ0v) is 9.95. The highest BCUT2D eigenvalue weighted by molar-refractivity contribution is 5.83. The van der Waals surface area contributed by atoms with Gasteiger partial charge in [0.25, 0.3) is 0 Å². The van der Waals surface area contributed by atoms with Crippen LogP contribution in [0.1, 0.15) is 27.7 Å². The van der Waals surface area contributed by atoms with Gasteiger partial charge in [-0.25, -0.2) is 0 Å². The summed E-state index contributed by atoms with van der Waals surface area (Å²) in [7, 11) is 2.04. The molecule has 0 N–H and O–H groups in total. The molecule has 1 atom stereocenters. The number of amides is 1. The Morgan fingerprint density at radius 3 is 2.21 bits per heavy atom. The summed E-state index contributed by atoms with van der Waals surface area (Å²) in [5, 5.41) is 0. The molecular weight excluding hydrogens is 176 g/mol. The van der Waals surface area contributed by atoms with Gasteiger partial charge < -0.3 is 4.90 Å². The highest BCUT2D eigenvalue weighted by Gasteiger charge is 2.35. The normalized spacial score (nSPS) is 25.2. The third kappa shape index (κ3) is 2.08. The Bertz CT molecular complexity index is 213. The van der Waals surface area contributed by atoms with Crippen molar-refractivity contribution < 1.29 is 4.79 Å². The van der Waals surface area contributed by atoms with Crippen LogP contribution in [0.25, 0.3) is 0 Å². The van der Waals surface area contributed by atoms with Crippen molar-refractivity contribution in [3.63, 3.8) is 0 Å². The van der Waals surface area contributed by atoms with Crippen molar-refractivity contribution in [2.45, 2.75) is 39.8 Å². The first-order chi connectivity index (χ1) is 6.45. The lowest BCUT2D eigenvalue weighted by Gasteiger charge is -2.42. The van der Waals surface area contributed by atoms with Gasteiger partial charge in [0.05, 0.1) is 6.04 Å². The Morgan fingerprint density at radius 1 is 1.21 bits per heavy atom. The first-order valence-electron chi connectivity index (χ1n) is 5.46. The molecule has 82 valence electrons. The molecule has 0 aliphatic carbocycles. The lowest BCUT2D eigenvalue weighted by atomic mass is 9.98. The van der Waals surface area contributed by atoms with E-state index < -0.39 is 0 Å². The predicted molar refractivity (Wildman–Crippen MR) is 58.1 cm³/mol. The number of hydrogen-bond acceptors (Lipinski definition) is 2. The number of likely N-dealkylation sites (N-methyl/N-ethyl adjacent to an activating group) is 1. The molecule has 0 aromatic carbocycles. The van der Waals surface area contributed by atoms with Gasteiger partial charge in [-0.1, -0.05) is 13.8 Å². The van der Waals surface area contributed by atoms with E-state index in [0.29, 0.717) is 17.9 Å². The molecule has 3 heteroatoms. The SMILES string of the molecule is CC(C)C1C(=O)N(C(C)C)CCN1C. The van der Waals surface area contributed by atoms with Gasteiger partial charge in [0.15, 0.2) is 0 Å². The average molecular weight is 198 g/mol. The van der Waals surface area contributed by atoms with E-state index in [1.165, 1.54) is 0 Å². The Labute approximate surface area is 87.1 Å². The summed E-state index contributed by atoms with van der Waals surface area (Å²) in [6, 6.07) is 0.406. The lowest BCUT2D eigenvalue weighted by Crippen LogP contribution is -2.59. The molecule has 0 aromatic rings. The van der Waals surface area contributed by atoms with Crippen LogP contribution in [-0.2, 0) is 4.79 Å². The highest BCUT2D eigenvalue weighted by Crippen LogP contribution is 2.18. The molecule has 0 spiro atoms. The van der Waals surface area contributed by atoms with E-state index in [9.17, 15) is 4.79 Å². The number of hydrogen-bond donors (Lipinski definition) is 0. The number of piperazine rings is 1. The van der Waals surface area contributed by atoms with E-state index in [2.05, 4.69) is 32.6 Å². The summed E-state index contributed by atoms with van der Waals surface area (Å²) in [6.07, 6.45) is 0. The fraction of sp³-hybridized carbons (Fsp3) is 0.909. The Balaban J connectivity index is 2.77. The molecule has 1 unspecified atom stereocenters. The van der Waals surface area contributed by atoms with Gasteiger partial charge >= 0.3 is 0 Å². The van der Waals surface area contributed by atoms with Crippen molar-refractivity contribution in [3.05, 3.63) is 0 Å². The zero-order chi connectivity index (χ0) is 10.9. The molecule has 1 saturated heterocycles. The second kappa shape index (κ2) is 4.30. The monoisotopic (exact) mass is 198 g/mol. The van der Waals surface area contributed by atoms with Crippen molar-refractivity contribution in [2.24, 2.45) is 5.92 Å². The minimum absolute atomic E-state index is 0.0751. The Morgan fingerprint density at radius 2 is 1.79 bits per heavy atom. The third-order valence-electron chi connectivity index (χ3n) is 2.96. The minimum Gasteiger partial charge on any atom is -0.338 e. The molecule has 1 rings (SSSR count). The first kappa shape index (κ1) is 11.5. The molecule has 3 nitrogen and oxygen atoms in total. The first-order valence-corrected chi connectivity index (χ1v) is 5.46. The van der Waals surface area contributed by atoms with Crippen molar-refractivity contribution in [2.75, 3.05) is 20.1 Å². The number of rotatable bonds is 2. The summed E-state index contributed by atoms with van der Waals surface area (Å²) in [4.78, 5) is 16.3. The molecule has 0 aromatic heterocycles. The van der Waals surface area contributed by atoms with E-state index in [4.69, 9.17) is 0 Å². The standard InChI is InChI=1S/C11H22N2O/c1-8(2)10-11(14)13(9(3)4)7-6-12(10)5/h8-10H,6-7H2,1-5H3. The maximum atomic E-state index is 12.1. The zero-order valence-electron chi connectivity index (χ0n) is 9.95. The number of nitrogens with zero attached hydrogens (tertiary/aromatic N) is 2. The van der Waals surface area contributed by atoms with Gasteiger partial charge in [-0.05, 0) is 26.8 Å². The highest BCUT2D eigenvalue weighted by atomic mass is 16.2. The number of carbonyl (C=O) groups is 1. The van der Waals surface area contributed by atoms with Crippen LogP contribution in [0.15, 0.2) is 0 Å². The average Bonchev–Trinajstić information content (AvgIpc) is 2.02. The van der Waals surface area contributed by atoms with Crippen LogP contribution in [-0.4, -0.2) is 47.9 Å². The Kier molecular flexibility index (Phi) is 3.53. The maximum Gasteiger partial charge on any atom is 0.240 e. The van der Waals surface area contributed by atoms with E-state index >= 15 is 0 Å². The van der Waals surface area contributed by atoms with Gasteiger partial charge in [-0.3, -0.25) is 9.69 Å². The molecule has 14 heavy (non-hydrogen) atoms. The van der Waals surface area contributed by atoms with Crippen molar-refractivity contribution in [3.8, 4) is 0 Å². The van der Waals surface area contributed by atoms with Crippen LogP contribution in [0.5, 0.6) is 0 Å². The van der Waals surface area contributed by atoms with Crippen molar-refractivity contribution >= 4 is 5.91 Å². The summed E-state index contributed by atoms with van der Waals surface area (Å²) in [5.41, 5.74) is 0.